The summed E-state index contributed by atoms with van der Waals surface area (Å²) in [6, 6.07) is 0. The summed E-state index contributed by atoms with van der Waals surface area (Å²) in [6.07, 6.45) is -0.0274. The van der Waals surface area contributed by atoms with E-state index in [4.69, 9.17) is 5.11 Å². The molecule has 0 radical (unpaired) electrons. The van der Waals surface area contributed by atoms with Crippen molar-refractivity contribution in [2.45, 2.75) is 32.8 Å². The predicted molar refractivity (Wildman–Crippen MR) is 50.0 cm³/mol. The van der Waals surface area contributed by atoms with Gasteiger partial charge in [-0.1, -0.05) is 13.5 Å². The zero-order valence-corrected chi connectivity index (χ0v) is 8.37. The SMILES string of the molecule is C=C(C(=O)ONC(=O)CCC)C(C)O. The van der Waals surface area contributed by atoms with Gasteiger partial charge in [-0.05, 0) is 13.3 Å². The molecule has 0 aliphatic carbocycles. The highest BCUT2D eigenvalue weighted by molar-refractivity contribution is 5.89. The van der Waals surface area contributed by atoms with Gasteiger partial charge in [-0.15, -0.1) is 0 Å². The zero-order chi connectivity index (χ0) is 11.1. The van der Waals surface area contributed by atoms with Crippen molar-refractivity contribution in [1.29, 1.82) is 0 Å². The van der Waals surface area contributed by atoms with Gasteiger partial charge in [0.25, 0.3) is 5.91 Å². The molecule has 0 aliphatic heterocycles. The van der Waals surface area contributed by atoms with E-state index in [2.05, 4.69) is 11.4 Å². The lowest BCUT2D eigenvalue weighted by molar-refractivity contribution is -0.155. The van der Waals surface area contributed by atoms with Crippen LogP contribution >= 0.6 is 0 Å². The van der Waals surface area contributed by atoms with Crippen molar-refractivity contribution in [2.75, 3.05) is 0 Å². The highest BCUT2D eigenvalue weighted by atomic mass is 16.7. The lowest BCUT2D eigenvalue weighted by Gasteiger charge is -2.08. The maximum Gasteiger partial charge on any atom is 0.360 e. The molecule has 14 heavy (non-hydrogen) atoms. The third-order valence-electron chi connectivity index (χ3n) is 1.50. The van der Waals surface area contributed by atoms with Gasteiger partial charge in [0, 0.05) is 6.42 Å². The van der Waals surface area contributed by atoms with Gasteiger partial charge in [0.05, 0.1) is 11.7 Å². The summed E-state index contributed by atoms with van der Waals surface area (Å²) in [4.78, 5) is 26.2. The molecule has 1 unspecified atom stereocenters. The number of rotatable bonds is 4. The largest absolute Gasteiger partial charge is 0.388 e. The first-order valence-corrected chi connectivity index (χ1v) is 4.35. The monoisotopic (exact) mass is 201 g/mol. The van der Waals surface area contributed by atoms with Crippen molar-refractivity contribution in [3.63, 3.8) is 0 Å². The number of carbonyl (C=O) groups is 2. The Kier molecular flexibility index (Phi) is 5.55. The van der Waals surface area contributed by atoms with Crippen molar-refractivity contribution < 1.29 is 19.5 Å². The fourth-order valence-electron chi connectivity index (χ4n) is 0.617. The molecule has 0 saturated carbocycles. The molecule has 5 nitrogen and oxygen atoms in total. The number of hydroxylamine groups is 1. The minimum Gasteiger partial charge on any atom is -0.388 e. The average Bonchev–Trinajstić information content (AvgIpc) is 2.13. The van der Waals surface area contributed by atoms with E-state index in [9.17, 15) is 9.59 Å². The van der Waals surface area contributed by atoms with Crippen LogP contribution in [0.3, 0.4) is 0 Å². The van der Waals surface area contributed by atoms with E-state index in [1.807, 2.05) is 12.4 Å². The Hall–Kier alpha value is -1.36. The molecule has 0 aromatic rings. The van der Waals surface area contributed by atoms with E-state index >= 15 is 0 Å². The second-order valence-corrected chi connectivity index (χ2v) is 2.87. The number of nitrogens with one attached hydrogen (secondary N) is 1. The number of hydrogen-bond donors (Lipinski definition) is 2. The van der Waals surface area contributed by atoms with Gasteiger partial charge in [0.1, 0.15) is 0 Å². The van der Waals surface area contributed by atoms with Crippen LogP contribution in [-0.2, 0) is 14.4 Å². The average molecular weight is 201 g/mol. The Labute approximate surface area is 82.7 Å². The van der Waals surface area contributed by atoms with E-state index < -0.39 is 12.1 Å². The van der Waals surface area contributed by atoms with Gasteiger partial charge in [-0.2, -0.15) is 5.48 Å². The molecule has 0 saturated heterocycles. The standard InChI is InChI=1S/C9H15NO4/c1-4-5-8(12)10-14-9(13)6(2)7(3)11/h7,11H,2,4-5H2,1,3H3,(H,10,12). The summed E-state index contributed by atoms with van der Waals surface area (Å²) in [5.74, 6) is -1.20. The number of carbonyl (C=O) groups excluding carboxylic acids is 2. The van der Waals surface area contributed by atoms with Gasteiger partial charge in [-0.3, -0.25) is 4.79 Å². The molecular weight excluding hydrogens is 186 g/mol. The summed E-state index contributed by atoms with van der Waals surface area (Å²) < 4.78 is 0. The fourth-order valence-corrected chi connectivity index (χ4v) is 0.617. The molecule has 0 aliphatic rings. The predicted octanol–water partition coefficient (Wildman–Crippen LogP) is 0.298. The smallest absolute Gasteiger partial charge is 0.360 e. The molecule has 0 heterocycles. The second kappa shape index (κ2) is 6.15. The van der Waals surface area contributed by atoms with Crippen molar-refractivity contribution in [1.82, 2.24) is 5.48 Å². The second-order valence-electron chi connectivity index (χ2n) is 2.87. The molecule has 0 aromatic carbocycles. The van der Waals surface area contributed by atoms with Crippen LogP contribution in [0, 0.1) is 0 Å². The highest BCUT2D eigenvalue weighted by Gasteiger charge is 2.14. The molecule has 0 aromatic heterocycles. The van der Waals surface area contributed by atoms with Crippen molar-refractivity contribution in [3.8, 4) is 0 Å². The third-order valence-corrected chi connectivity index (χ3v) is 1.50. The Morgan fingerprint density at radius 1 is 1.57 bits per heavy atom. The molecule has 80 valence electrons. The maximum atomic E-state index is 11.0. The Bertz CT molecular complexity index is 235. The summed E-state index contributed by atoms with van der Waals surface area (Å²) in [5, 5.41) is 8.95. The molecule has 0 spiro atoms. The third kappa shape index (κ3) is 4.61. The van der Waals surface area contributed by atoms with Gasteiger partial charge in [0.15, 0.2) is 0 Å². The number of aliphatic hydroxyl groups excluding tert-OH is 1. The van der Waals surface area contributed by atoms with Gasteiger partial charge >= 0.3 is 5.97 Å². The molecule has 0 fully saturated rings. The van der Waals surface area contributed by atoms with E-state index in [0.29, 0.717) is 6.42 Å². The molecule has 0 bridgehead atoms. The Morgan fingerprint density at radius 3 is 2.57 bits per heavy atom. The van der Waals surface area contributed by atoms with Crippen LogP contribution < -0.4 is 5.48 Å². The van der Waals surface area contributed by atoms with Crippen LogP contribution in [0.1, 0.15) is 26.7 Å². The van der Waals surface area contributed by atoms with E-state index in [-0.39, 0.29) is 17.9 Å². The fraction of sp³-hybridized carbons (Fsp3) is 0.556. The summed E-state index contributed by atoms with van der Waals surface area (Å²) >= 11 is 0. The van der Waals surface area contributed by atoms with Crippen LogP contribution in [-0.4, -0.2) is 23.1 Å². The minimum absolute atomic E-state index is 0.0956. The van der Waals surface area contributed by atoms with Crippen molar-refractivity contribution in [3.05, 3.63) is 12.2 Å². The number of aliphatic hydroxyl groups is 1. The Morgan fingerprint density at radius 2 is 2.14 bits per heavy atom. The van der Waals surface area contributed by atoms with E-state index in [0.717, 1.165) is 0 Å². The normalized spacial score (nSPS) is 11.6. The van der Waals surface area contributed by atoms with Gasteiger partial charge < -0.3 is 9.94 Å². The maximum absolute atomic E-state index is 11.0. The minimum atomic E-state index is -0.981. The van der Waals surface area contributed by atoms with Gasteiger partial charge in [0.2, 0.25) is 0 Å². The van der Waals surface area contributed by atoms with Crippen LogP contribution in [0.5, 0.6) is 0 Å². The van der Waals surface area contributed by atoms with Crippen LogP contribution in [0.4, 0.5) is 0 Å². The molecule has 5 heteroatoms. The quantitative estimate of drug-likeness (QED) is 0.506. The van der Waals surface area contributed by atoms with Crippen molar-refractivity contribution >= 4 is 11.9 Å². The van der Waals surface area contributed by atoms with Gasteiger partial charge in [-0.25, -0.2) is 4.79 Å². The summed E-state index contributed by atoms with van der Waals surface area (Å²) in [7, 11) is 0. The highest BCUT2D eigenvalue weighted by Crippen LogP contribution is 1.99. The van der Waals surface area contributed by atoms with Crippen LogP contribution in [0.15, 0.2) is 12.2 Å². The first-order valence-electron chi connectivity index (χ1n) is 4.35. The first kappa shape index (κ1) is 12.6. The lowest BCUT2D eigenvalue weighted by atomic mass is 10.2. The summed E-state index contributed by atoms with van der Waals surface area (Å²) in [6.45, 7) is 6.52. The van der Waals surface area contributed by atoms with E-state index in [1.54, 1.807) is 0 Å². The summed E-state index contributed by atoms with van der Waals surface area (Å²) in [5.41, 5.74) is 1.86. The number of hydrogen-bond acceptors (Lipinski definition) is 4. The number of amides is 1. The first-order chi connectivity index (χ1) is 6.49. The zero-order valence-electron chi connectivity index (χ0n) is 8.37. The molecule has 1 amide bonds. The molecular formula is C9H15NO4. The lowest BCUT2D eigenvalue weighted by Crippen LogP contribution is -2.29. The molecule has 2 N–H and O–H groups in total. The molecule has 1 atom stereocenters. The van der Waals surface area contributed by atoms with Crippen molar-refractivity contribution in [2.24, 2.45) is 0 Å². The van der Waals surface area contributed by atoms with Crippen LogP contribution in [0.2, 0.25) is 0 Å². The van der Waals surface area contributed by atoms with Crippen LogP contribution in [0.25, 0.3) is 0 Å². The Balaban J connectivity index is 3.85. The van der Waals surface area contributed by atoms with E-state index in [1.165, 1.54) is 6.92 Å². The molecule has 0 rings (SSSR count). The topological polar surface area (TPSA) is 75.6 Å².